The van der Waals surface area contributed by atoms with Gasteiger partial charge in [0.25, 0.3) is 0 Å². The van der Waals surface area contributed by atoms with Crippen LogP contribution in [0.4, 0.5) is 0 Å². The lowest BCUT2D eigenvalue weighted by atomic mass is 9.93. The van der Waals surface area contributed by atoms with Crippen molar-refractivity contribution in [3.05, 3.63) is 35.9 Å². The zero-order chi connectivity index (χ0) is 13.8. The number of carbonyl (C=O) groups excluding carboxylic acids is 1. The second-order valence-corrected chi connectivity index (χ2v) is 5.62. The highest BCUT2D eigenvalue weighted by atomic mass is 16.3. The highest BCUT2D eigenvalue weighted by Gasteiger charge is 2.38. The van der Waals surface area contributed by atoms with Gasteiger partial charge in [0.2, 0.25) is 5.91 Å². The van der Waals surface area contributed by atoms with Crippen molar-refractivity contribution in [2.24, 2.45) is 5.92 Å². The molecule has 0 saturated heterocycles. The van der Waals surface area contributed by atoms with E-state index in [2.05, 4.69) is 0 Å². The SMILES string of the molecule is CC(O)CCN(C)C(=O)C(c1ccccc1)C1CC1. The van der Waals surface area contributed by atoms with Gasteiger partial charge in [-0.25, -0.2) is 0 Å². The van der Waals surface area contributed by atoms with E-state index in [1.165, 1.54) is 0 Å². The van der Waals surface area contributed by atoms with Gasteiger partial charge in [-0.3, -0.25) is 4.79 Å². The van der Waals surface area contributed by atoms with Crippen molar-refractivity contribution in [2.45, 2.75) is 38.2 Å². The maximum Gasteiger partial charge on any atom is 0.230 e. The van der Waals surface area contributed by atoms with E-state index in [1.807, 2.05) is 37.4 Å². The number of likely N-dealkylation sites (N-methyl/N-ethyl adjacent to an activating group) is 1. The van der Waals surface area contributed by atoms with Crippen LogP contribution < -0.4 is 0 Å². The summed E-state index contributed by atoms with van der Waals surface area (Å²) in [4.78, 5) is 14.3. The highest BCUT2D eigenvalue weighted by Crippen LogP contribution is 2.43. The highest BCUT2D eigenvalue weighted by molar-refractivity contribution is 5.84. The van der Waals surface area contributed by atoms with Crippen molar-refractivity contribution < 1.29 is 9.90 Å². The van der Waals surface area contributed by atoms with Gasteiger partial charge in [-0.05, 0) is 37.7 Å². The molecule has 1 fully saturated rings. The topological polar surface area (TPSA) is 40.5 Å². The van der Waals surface area contributed by atoms with Gasteiger partial charge in [0.15, 0.2) is 0 Å². The van der Waals surface area contributed by atoms with E-state index in [0.29, 0.717) is 18.9 Å². The fourth-order valence-corrected chi connectivity index (χ4v) is 2.43. The Balaban J connectivity index is 2.05. The monoisotopic (exact) mass is 261 g/mol. The lowest BCUT2D eigenvalue weighted by molar-refractivity contribution is -0.132. The molecule has 3 heteroatoms. The minimum absolute atomic E-state index is 0.000184. The number of hydrogen-bond donors (Lipinski definition) is 1. The van der Waals surface area contributed by atoms with Gasteiger partial charge in [0.1, 0.15) is 0 Å². The molecule has 0 spiro atoms. The zero-order valence-corrected chi connectivity index (χ0v) is 11.7. The van der Waals surface area contributed by atoms with Crippen LogP contribution in [0, 0.1) is 5.92 Å². The first-order valence-electron chi connectivity index (χ1n) is 7.07. The quantitative estimate of drug-likeness (QED) is 0.854. The zero-order valence-electron chi connectivity index (χ0n) is 11.7. The molecule has 0 heterocycles. The number of rotatable bonds is 6. The normalized spacial score (nSPS) is 17.8. The van der Waals surface area contributed by atoms with E-state index < -0.39 is 0 Å². The summed E-state index contributed by atoms with van der Waals surface area (Å²) in [5.41, 5.74) is 1.12. The average molecular weight is 261 g/mol. The van der Waals surface area contributed by atoms with Gasteiger partial charge in [-0.15, -0.1) is 0 Å². The van der Waals surface area contributed by atoms with Crippen LogP contribution in [0.2, 0.25) is 0 Å². The van der Waals surface area contributed by atoms with E-state index in [1.54, 1.807) is 11.8 Å². The van der Waals surface area contributed by atoms with E-state index in [-0.39, 0.29) is 17.9 Å². The van der Waals surface area contributed by atoms with Crippen molar-refractivity contribution in [3.8, 4) is 0 Å². The Labute approximate surface area is 115 Å². The van der Waals surface area contributed by atoms with Crippen LogP contribution >= 0.6 is 0 Å². The summed E-state index contributed by atoms with van der Waals surface area (Å²) >= 11 is 0. The van der Waals surface area contributed by atoms with Gasteiger partial charge in [0.05, 0.1) is 12.0 Å². The molecule has 2 rings (SSSR count). The molecule has 19 heavy (non-hydrogen) atoms. The fraction of sp³-hybridized carbons (Fsp3) is 0.562. The van der Waals surface area contributed by atoms with Gasteiger partial charge in [-0.2, -0.15) is 0 Å². The van der Waals surface area contributed by atoms with Crippen LogP contribution in [0.3, 0.4) is 0 Å². The third kappa shape index (κ3) is 3.80. The Bertz CT molecular complexity index is 412. The Morgan fingerprint density at radius 3 is 2.53 bits per heavy atom. The van der Waals surface area contributed by atoms with Gasteiger partial charge in [-0.1, -0.05) is 30.3 Å². The third-order valence-electron chi connectivity index (χ3n) is 3.78. The molecule has 3 nitrogen and oxygen atoms in total. The predicted molar refractivity (Wildman–Crippen MR) is 75.8 cm³/mol. The number of amides is 1. The molecule has 1 aliphatic carbocycles. The van der Waals surface area contributed by atoms with Crippen molar-refractivity contribution in [2.75, 3.05) is 13.6 Å². The molecule has 1 N–H and O–H groups in total. The molecule has 0 bridgehead atoms. The minimum atomic E-state index is -0.355. The summed E-state index contributed by atoms with van der Waals surface area (Å²) in [6, 6.07) is 10.1. The molecule has 0 radical (unpaired) electrons. The Morgan fingerprint density at radius 2 is 2.00 bits per heavy atom. The van der Waals surface area contributed by atoms with Gasteiger partial charge in [0, 0.05) is 13.6 Å². The summed E-state index contributed by atoms with van der Waals surface area (Å²) in [6.45, 7) is 2.38. The summed E-state index contributed by atoms with van der Waals surface area (Å²) in [6.07, 6.45) is 2.57. The van der Waals surface area contributed by atoms with Crippen LogP contribution in [0.15, 0.2) is 30.3 Å². The average Bonchev–Trinajstić information content (AvgIpc) is 3.22. The van der Waals surface area contributed by atoms with Crippen LogP contribution in [-0.4, -0.2) is 35.6 Å². The number of carbonyl (C=O) groups is 1. The minimum Gasteiger partial charge on any atom is -0.393 e. The van der Waals surface area contributed by atoms with Gasteiger partial charge < -0.3 is 10.0 Å². The molecule has 1 aromatic carbocycles. The van der Waals surface area contributed by atoms with E-state index in [9.17, 15) is 9.90 Å². The van der Waals surface area contributed by atoms with Crippen molar-refractivity contribution in [1.29, 1.82) is 0 Å². The molecule has 1 aliphatic rings. The summed E-state index contributed by atoms with van der Waals surface area (Å²) in [7, 11) is 1.84. The molecule has 1 aromatic rings. The maximum atomic E-state index is 12.6. The van der Waals surface area contributed by atoms with E-state index >= 15 is 0 Å². The van der Waals surface area contributed by atoms with Crippen LogP contribution in [0.25, 0.3) is 0 Å². The van der Waals surface area contributed by atoms with Crippen molar-refractivity contribution in [1.82, 2.24) is 4.90 Å². The summed E-state index contributed by atoms with van der Waals surface area (Å²) < 4.78 is 0. The van der Waals surface area contributed by atoms with E-state index in [0.717, 1.165) is 18.4 Å². The summed E-state index contributed by atoms with van der Waals surface area (Å²) in [5, 5.41) is 9.32. The fourth-order valence-electron chi connectivity index (χ4n) is 2.43. The molecule has 2 atom stereocenters. The molecule has 1 amide bonds. The lowest BCUT2D eigenvalue weighted by Crippen LogP contribution is -2.34. The van der Waals surface area contributed by atoms with E-state index in [4.69, 9.17) is 0 Å². The molecule has 0 aromatic heterocycles. The van der Waals surface area contributed by atoms with Crippen LogP contribution in [0.5, 0.6) is 0 Å². The molecule has 104 valence electrons. The summed E-state index contributed by atoms with van der Waals surface area (Å²) in [5.74, 6) is 0.693. The van der Waals surface area contributed by atoms with Crippen LogP contribution in [0.1, 0.15) is 37.7 Å². The third-order valence-corrected chi connectivity index (χ3v) is 3.78. The maximum absolute atomic E-state index is 12.6. The number of benzene rings is 1. The smallest absolute Gasteiger partial charge is 0.230 e. The molecular formula is C16H23NO2. The van der Waals surface area contributed by atoms with Crippen molar-refractivity contribution in [3.63, 3.8) is 0 Å². The Hall–Kier alpha value is -1.35. The molecule has 0 aliphatic heterocycles. The predicted octanol–water partition coefficient (Wildman–Crippen LogP) is 2.41. The number of nitrogens with zero attached hydrogens (tertiary/aromatic N) is 1. The van der Waals surface area contributed by atoms with Crippen molar-refractivity contribution >= 4 is 5.91 Å². The number of aliphatic hydroxyl groups excluding tert-OH is 1. The standard InChI is InChI=1S/C16H23NO2/c1-12(18)10-11-17(2)16(19)15(14-8-9-14)13-6-4-3-5-7-13/h3-7,12,14-15,18H,8-11H2,1-2H3. The van der Waals surface area contributed by atoms with Gasteiger partial charge >= 0.3 is 0 Å². The first-order valence-corrected chi connectivity index (χ1v) is 7.07. The lowest BCUT2D eigenvalue weighted by Gasteiger charge is -2.24. The second-order valence-electron chi connectivity index (χ2n) is 5.62. The molecule has 1 saturated carbocycles. The molecule has 2 unspecified atom stereocenters. The largest absolute Gasteiger partial charge is 0.393 e. The number of aliphatic hydroxyl groups is 1. The molecular weight excluding hydrogens is 238 g/mol. The Kier molecular flexibility index (Phi) is 4.59. The first-order chi connectivity index (χ1) is 9.09. The first kappa shape index (κ1) is 14.1. The Morgan fingerprint density at radius 1 is 1.37 bits per heavy atom. The number of hydrogen-bond acceptors (Lipinski definition) is 2. The van der Waals surface area contributed by atoms with Crippen LogP contribution in [-0.2, 0) is 4.79 Å². The second kappa shape index (κ2) is 6.20.